The number of benzene rings is 1. The average Bonchev–Trinajstić information content (AvgIpc) is 2.07. The van der Waals surface area contributed by atoms with Crippen molar-refractivity contribution in [3.63, 3.8) is 0 Å². The van der Waals surface area contributed by atoms with Crippen LogP contribution in [-0.4, -0.2) is 10.9 Å². The Labute approximate surface area is 75.6 Å². The van der Waals surface area contributed by atoms with Crippen LogP contribution >= 0.6 is 22.5 Å². The summed E-state index contributed by atoms with van der Waals surface area (Å²) in [6.07, 6.45) is -0.390. The maximum atomic E-state index is 9.45. The van der Waals surface area contributed by atoms with Crippen LogP contribution in [0.4, 0.5) is 0 Å². The van der Waals surface area contributed by atoms with Crippen molar-refractivity contribution in [3.8, 4) is 0 Å². The Morgan fingerprint density at radius 3 is 2.55 bits per heavy atom. The van der Waals surface area contributed by atoms with Gasteiger partial charge in [0, 0.05) is 5.75 Å². The summed E-state index contributed by atoms with van der Waals surface area (Å²) in [7, 11) is 1.35. The molecule has 0 aliphatic rings. The molecule has 0 spiro atoms. The van der Waals surface area contributed by atoms with Gasteiger partial charge in [-0.2, -0.15) is 0 Å². The predicted octanol–water partition coefficient (Wildman–Crippen LogP) is 2.30. The third-order valence-corrected chi connectivity index (χ3v) is 2.33. The Balaban J connectivity index is 2.61. The van der Waals surface area contributed by atoms with Gasteiger partial charge in [0.05, 0.1) is 6.10 Å². The number of aliphatic hydroxyl groups is 1. The molecule has 1 N–H and O–H groups in total. The number of rotatable bonds is 3. The largest absolute Gasteiger partial charge is 0.388 e. The van der Waals surface area contributed by atoms with Crippen molar-refractivity contribution in [1.82, 2.24) is 0 Å². The third kappa shape index (κ3) is 2.77. The third-order valence-electron chi connectivity index (χ3n) is 1.42. The van der Waals surface area contributed by atoms with E-state index in [4.69, 9.17) is 0 Å². The Kier molecular flexibility index (Phi) is 3.83. The molecule has 0 aromatic heterocycles. The molecule has 0 unspecified atom stereocenters. The minimum Gasteiger partial charge on any atom is -0.388 e. The summed E-state index contributed by atoms with van der Waals surface area (Å²) >= 11 is 3.97. The van der Waals surface area contributed by atoms with Gasteiger partial charge in [-0.3, -0.25) is 0 Å². The lowest BCUT2D eigenvalue weighted by molar-refractivity contribution is 0.204. The van der Waals surface area contributed by atoms with Crippen molar-refractivity contribution in [1.29, 1.82) is 0 Å². The Morgan fingerprint density at radius 1 is 1.36 bits per heavy atom. The molecule has 1 aromatic carbocycles. The molecule has 1 atom stereocenters. The second-order valence-corrected chi connectivity index (χ2v) is 3.59. The summed E-state index contributed by atoms with van der Waals surface area (Å²) in [5.41, 5.74) is 0.953. The van der Waals surface area contributed by atoms with Crippen LogP contribution in [-0.2, 0) is 0 Å². The van der Waals surface area contributed by atoms with Crippen molar-refractivity contribution < 1.29 is 5.11 Å². The molecular weight excluding hydrogens is 176 g/mol. The highest BCUT2D eigenvalue weighted by Crippen LogP contribution is 2.19. The van der Waals surface area contributed by atoms with E-state index in [1.165, 1.54) is 10.8 Å². The molecule has 0 fully saturated rings. The maximum absolute atomic E-state index is 9.45. The highest BCUT2D eigenvalue weighted by molar-refractivity contribution is 8.68. The van der Waals surface area contributed by atoms with Crippen molar-refractivity contribution in [2.75, 3.05) is 5.75 Å². The topological polar surface area (TPSA) is 20.2 Å². The molecule has 0 bridgehead atoms. The normalized spacial score (nSPS) is 12.9. The van der Waals surface area contributed by atoms with E-state index < -0.39 is 6.10 Å². The van der Waals surface area contributed by atoms with Gasteiger partial charge in [0.25, 0.3) is 0 Å². The second kappa shape index (κ2) is 4.70. The lowest BCUT2D eigenvalue weighted by Gasteiger charge is -2.07. The zero-order valence-corrected chi connectivity index (χ0v) is 7.68. The molecule has 1 nitrogen and oxygen atoms in total. The van der Waals surface area contributed by atoms with Crippen LogP contribution in [0.25, 0.3) is 0 Å². The van der Waals surface area contributed by atoms with Gasteiger partial charge in [-0.25, -0.2) is 0 Å². The van der Waals surface area contributed by atoms with Gasteiger partial charge in [-0.05, 0) is 5.56 Å². The first-order chi connectivity index (χ1) is 5.34. The van der Waals surface area contributed by atoms with Crippen molar-refractivity contribution in [2.24, 2.45) is 0 Å². The zero-order valence-electron chi connectivity index (χ0n) is 5.97. The van der Waals surface area contributed by atoms with Gasteiger partial charge in [-0.1, -0.05) is 41.1 Å². The van der Waals surface area contributed by atoms with Crippen LogP contribution < -0.4 is 0 Å². The molecule has 0 saturated heterocycles. The van der Waals surface area contributed by atoms with Gasteiger partial charge < -0.3 is 5.11 Å². The monoisotopic (exact) mass is 186 g/mol. The van der Waals surface area contributed by atoms with Gasteiger partial charge in [0.1, 0.15) is 0 Å². The minimum atomic E-state index is -0.390. The van der Waals surface area contributed by atoms with Gasteiger partial charge in [-0.15, -0.1) is 11.7 Å². The molecule has 0 aliphatic heterocycles. The SMILES string of the molecule is O[C@H](CSS)c1ccccc1. The predicted molar refractivity (Wildman–Crippen MR) is 52.8 cm³/mol. The Morgan fingerprint density at radius 2 is 2.00 bits per heavy atom. The van der Waals surface area contributed by atoms with Crippen molar-refractivity contribution >= 4 is 22.5 Å². The maximum Gasteiger partial charge on any atom is 0.0888 e. The second-order valence-electron chi connectivity index (χ2n) is 2.22. The molecule has 0 radical (unpaired) electrons. The molecule has 60 valence electrons. The van der Waals surface area contributed by atoms with E-state index in [1.54, 1.807) is 0 Å². The summed E-state index contributed by atoms with van der Waals surface area (Å²) in [6.45, 7) is 0. The number of hydrogen-bond acceptors (Lipinski definition) is 3. The van der Waals surface area contributed by atoms with Crippen LogP contribution in [0.1, 0.15) is 11.7 Å². The fraction of sp³-hybridized carbons (Fsp3) is 0.250. The number of hydrogen-bond donors (Lipinski definition) is 2. The van der Waals surface area contributed by atoms with Crippen LogP contribution in [0.5, 0.6) is 0 Å². The quantitative estimate of drug-likeness (QED) is 0.558. The molecule has 3 heteroatoms. The van der Waals surface area contributed by atoms with Crippen molar-refractivity contribution in [3.05, 3.63) is 35.9 Å². The number of aliphatic hydroxyl groups excluding tert-OH is 1. The van der Waals surface area contributed by atoms with Gasteiger partial charge in [0.15, 0.2) is 0 Å². The first kappa shape index (κ1) is 8.97. The smallest absolute Gasteiger partial charge is 0.0888 e. The van der Waals surface area contributed by atoms with E-state index in [0.29, 0.717) is 5.75 Å². The lowest BCUT2D eigenvalue weighted by Crippen LogP contribution is -1.98. The van der Waals surface area contributed by atoms with E-state index >= 15 is 0 Å². The van der Waals surface area contributed by atoms with Crippen molar-refractivity contribution in [2.45, 2.75) is 6.10 Å². The fourth-order valence-electron chi connectivity index (χ4n) is 0.842. The first-order valence-electron chi connectivity index (χ1n) is 3.34. The van der Waals surface area contributed by atoms with Gasteiger partial charge >= 0.3 is 0 Å². The van der Waals surface area contributed by atoms with E-state index in [-0.39, 0.29) is 0 Å². The van der Waals surface area contributed by atoms with E-state index in [0.717, 1.165) is 5.56 Å². The standard InChI is InChI=1S/C8H10OS2/c9-8(6-11-10)7-4-2-1-3-5-7/h1-5,8-10H,6H2/t8-/m1/s1. The van der Waals surface area contributed by atoms with Gasteiger partial charge in [0.2, 0.25) is 0 Å². The molecule has 11 heavy (non-hydrogen) atoms. The minimum absolute atomic E-state index is 0.390. The fourth-order valence-corrected chi connectivity index (χ4v) is 1.60. The molecule has 1 rings (SSSR count). The highest BCUT2D eigenvalue weighted by atomic mass is 33.1. The summed E-state index contributed by atoms with van der Waals surface area (Å²) in [5, 5.41) is 9.45. The average molecular weight is 186 g/mol. The summed E-state index contributed by atoms with van der Waals surface area (Å²) in [5.74, 6) is 0.632. The van der Waals surface area contributed by atoms with E-state index in [9.17, 15) is 5.11 Å². The molecule has 0 saturated carbocycles. The Hall–Kier alpha value is -0.120. The lowest BCUT2D eigenvalue weighted by atomic mass is 10.1. The molecule has 0 amide bonds. The van der Waals surface area contributed by atoms with E-state index in [1.807, 2.05) is 30.3 Å². The molecular formula is C8H10OS2. The molecule has 0 aliphatic carbocycles. The summed E-state index contributed by atoms with van der Waals surface area (Å²) in [4.78, 5) is 0. The molecule has 0 heterocycles. The van der Waals surface area contributed by atoms with Crippen LogP contribution in [0.3, 0.4) is 0 Å². The van der Waals surface area contributed by atoms with E-state index in [2.05, 4.69) is 11.7 Å². The zero-order chi connectivity index (χ0) is 8.10. The summed E-state index contributed by atoms with van der Waals surface area (Å²) < 4.78 is 0. The Bertz CT molecular complexity index is 201. The van der Waals surface area contributed by atoms with Crippen LogP contribution in [0, 0.1) is 0 Å². The first-order valence-corrected chi connectivity index (χ1v) is 5.37. The molecule has 1 aromatic rings. The number of thiol groups is 1. The van der Waals surface area contributed by atoms with Crippen LogP contribution in [0.2, 0.25) is 0 Å². The summed E-state index contributed by atoms with van der Waals surface area (Å²) in [6, 6.07) is 9.59. The van der Waals surface area contributed by atoms with Crippen LogP contribution in [0.15, 0.2) is 30.3 Å². The highest BCUT2D eigenvalue weighted by Gasteiger charge is 2.04.